The number of nitrogens with two attached hydrogens (primary N) is 1. The van der Waals surface area contributed by atoms with Gasteiger partial charge in [0.1, 0.15) is 11.4 Å². The van der Waals surface area contributed by atoms with Gasteiger partial charge in [0.05, 0.1) is 0 Å². The summed E-state index contributed by atoms with van der Waals surface area (Å²) in [5.74, 6) is -1.23. The molecule has 3 rings (SSSR count). The summed E-state index contributed by atoms with van der Waals surface area (Å²) in [4.78, 5) is 25.8. The monoisotopic (exact) mass is 306 g/mol. The Labute approximate surface area is 127 Å². The first-order valence-corrected chi connectivity index (χ1v) is 7.73. The number of fused-ring (bicyclic) bond motifs is 1. The first-order valence-electron chi connectivity index (χ1n) is 6.85. The molecule has 5 nitrogen and oxygen atoms in total. The molecule has 112 valence electrons. The molecule has 0 radical (unpaired) electrons. The Morgan fingerprint density at radius 3 is 2.57 bits per heavy atom. The highest BCUT2D eigenvalue weighted by atomic mass is 32.2. The van der Waals surface area contributed by atoms with Crippen LogP contribution in [0, 0.1) is 0 Å². The highest BCUT2D eigenvalue weighted by Crippen LogP contribution is 2.57. The van der Waals surface area contributed by atoms with Crippen molar-refractivity contribution in [2.75, 3.05) is 0 Å². The minimum Gasteiger partial charge on any atom is -0.479 e. The highest BCUT2D eigenvalue weighted by molar-refractivity contribution is 8.01. The van der Waals surface area contributed by atoms with Crippen LogP contribution < -0.4 is 5.73 Å². The van der Waals surface area contributed by atoms with Crippen LogP contribution in [0.5, 0.6) is 0 Å². The Morgan fingerprint density at radius 2 is 2.00 bits per heavy atom. The van der Waals surface area contributed by atoms with Gasteiger partial charge >= 0.3 is 5.97 Å². The summed E-state index contributed by atoms with van der Waals surface area (Å²) in [7, 11) is 0. The van der Waals surface area contributed by atoms with Crippen molar-refractivity contribution in [2.24, 2.45) is 5.73 Å². The van der Waals surface area contributed by atoms with Crippen molar-refractivity contribution in [2.45, 2.75) is 42.0 Å². The van der Waals surface area contributed by atoms with Crippen molar-refractivity contribution in [3.05, 3.63) is 35.9 Å². The molecule has 2 aliphatic heterocycles. The average Bonchev–Trinajstić information content (AvgIpc) is 2.66. The number of nitrogens with zero attached hydrogens (tertiary/aromatic N) is 1. The number of carbonyl (C=O) groups excluding carboxylic acids is 1. The van der Waals surface area contributed by atoms with Crippen LogP contribution in [-0.2, 0) is 16.0 Å². The van der Waals surface area contributed by atoms with E-state index in [0.29, 0.717) is 0 Å². The van der Waals surface area contributed by atoms with Gasteiger partial charge in [0.2, 0.25) is 5.91 Å². The number of carboxylic acids is 1. The quantitative estimate of drug-likeness (QED) is 0.816. The molecule has 2 saturated heterocycles. The van der Waals surface area contributed by atoms with E-state index in [2.05, 4.69) is 0 Å². The lowest BCUT2D eigenvalue weighted by molar-refractivity contribution is -0.170. The van der Waals surface area contributed by atoms with E-state index < -0.39 is 22.3 Å². The second-order valence-electron chi connectivity index (χ2n) is 6.08. The summed E-state index contributed by atoms with van der Waals surface area (Å²) in [6.45, 7) is 3.76. The van der Waals surface area contributed by atoms with E-state index >= 15 is 0 Å². The highest BCUT2D eigenvalue weighted by Gasteiger charge is 2.71. The molecule has 1 amide bonds. The lowest BCUT2D eigenvalue weighted by Gasteiger charge is -2.49. The molecule has 3 atom stereocenters. The minimum absolute atomic E-state index is 0.243. The third-order valence-electron chi connectivity index (χ3n) is 4.56. The van der Waals surface area contributed by atoms with Crippen molar-refractivity contribution < 1.29 is 14.7 Å². The summed E-state index contributed by atoms with van der Waals surface area (Å²) >= 11 is 1.48. The second kappa shape index (κ2) is 4.48. The van der Waals surface area contributed by atoms with Crippen LogP contribution >= 0.6 is 11.8 Å². The largest absolute Gasteiger partial charge is 0.479 e. The van der Waals surface area contributed by atoms with Crippen molar-refractivity contribution in [1.82, 2.24) is 4.90 Å². The van der Waals surface area contributed by atoms with E-state index in [9.17, 15) is 14.7 Å². The number of β-lactam (4-membered cyclic amide) rings is 1. The third kappa shape index (κ3) is 1.75. The van der Waals surface area contributed by atoms with Crippen LogP contribution in [0.2, 0.25) is 0 Å². The molecular weight excluding hydrogens is 288 g/mol. The van der Waals surface area contributed by atoms with Crippen LogP contribution in [0.15, 0.2) is 30.3 Å². The standard InChI is InChI=1S/C15H18N2O3S/c1-14(2)15(13(19)20,8-9-6-4-3-5-7-9)17-11(18)10(16)12(17)21-14/h3-7,10,12H,8,16H2,1-2H3,(H,19,20)/t10-,12-,15+/m1/s1. The van der Waals surface area contributed by atoms with E-state index in [4.69, 9.17) is 5.73 Å². The number of aliphatic carboxylic acids is 1. The van der Waals surface area contributed by atoms with E-state index in [1.54, 1.807) is 0 Å². The van der Waals surface area contributed by atoms with Gasteiger partial charge in [-0.15, -0.1) is 11.8 Å². The zero-order valence-electron chi connectivity index (χ0n) is 11.9. The SMILES string of the molecule is CC1(C)S[C@@H]2[C@H](N)C(=O)N2[C@@]1(Cc1ccccc1)C(=O)O. The number of amides is 1. The maximum absolute atomic E-state index is 12.2. The van der Waals surface area contributed by atoms with Crippen molar-refractivity contribution in [3.8, 4) is 0 Å². The van der Waals surface area contributed by atoms with E-state index in [1.165, 1.54) is 16.7 Å². The zero-order chi connectivity index (χ0) is 15.4. The summed E-state index contributed by atoms with van der Waals surface area (Å²) < 4.78 is -0.608. The molecular formula is C15H18N2O3S. The summed E-state index contributed by atoms with van der Waals surface area (Å²) in [5.41, 5.74) is 5.49. The summed E-state index contributed by atoms with van der Waals surface area (Å²) in [6.07, 6.45) is 0.290. The second-order valence-corrected chi connectivity index (χ2v) is 7.82. The Balaban J connectivity index is 2.07. The third-order valence-corrected chi connectivity index (χ3v) is 6.24. The van der Waals surface area contributed by atoms with Crippen molar-refractivity contribution in [3.63, 3.8) is 0 Å². The Morgan fingerprint density at radius 1 is 1.38 bits per heavy atom. The Hall–Kier alpha value is -1.53. The zero-order valence-corrected chi connectivity index (χ0v) is 12.8. The van der Waals surface area contributed by atoms with Crippen LogP contribution in [0.1, 0.15) is 19.4 Å². The molecule has 1 aromatic carbocycles. The molecule has 0 saturated carbocycles. The number of carbonyl (C=O) groups is 2. The van der Waals surface area contributed by atoms with E-state index in [0.717, 1.165) is 5.56 Å². The van der Waals surface area contributed by atoms with Gasteiger partial charge in [-0.3, -0.25) is 4.79 Å². The van der Waals surface area contributed by atoms with Crippen LogP contribution in [0.3, 0.4) is 0 Å². The van der Waals surface area contributed by atoms with Gasteiger partial charge in [-0.2, -0.15) is 0 Å². The first-order chi connectivity index (χ1) is 9.81. The summed E-state index contributed by atoms with van der Waals surface area (Å²) in [5, 5.41) is 9.70. The van der Waals surface area contributed by atoms with Gasteiger partial charge in [-0.05, 0) is 19.4 Å². The fourth-order valence-electron chi connectivity index (χ4n) is 3.33. The Bertz CT molecular complexity index is 604. The molecule has 0 aromatic heterocycles. The predicted molar refractivity (Wildman–Crippen MR) is 80.8 cm³/mol. The number of rotatable bonds is 3. The lowest BCUT2D eigenvalue weighted by atomic mass is 9.76. The lowest BCUT2D eigenvalue weighted by Crippen LogP contribution is -2.75. The topological polar surface area (TPSA) is 83.6 Å². The smallest absolute Gasteiger partial charge is 0.331 e. The minimum atomic E-state index is -1.25. The van der Waals surface area contributed by atoms with Crippen LogP contribution in [0.4, 0.5) is 0 Å². The fraction of sp³-hybridized carbons (Fsp3) is 0.467. The van der Waals surface area contributed by atoms with E-state index in [1.807, 2.05) is 44.2 Å². The van der Waals surface area contributed by atoms with Gasteiger partial charge in [-0.25, -0.2) is 4.79 Å². The number of benzene rings is 1. The maximum Gasteiger partial charge on any atom is 0.331 e. The molecule has 2 aliphatic rings. The average molecular weight is 306 g/mol. The normalized spacial score (nSPS) is 33.5. The van der Waals surface area contributed by atoms with Gasteiger partial charge < -0.3 is 15.7 Å². The number of thioether (sulfide) groups is 1. The maximum atomic E-state index is 12.2. The molecule has 3 N–H and O–H groups in total. The predicted octanol–water partition coefficient (Wildman–Crippen LogP) is 1.07. The molecule has 6 heteroatoms. The molecule has 1 aromatic rings. The fourth-order valence-corrected chi connectivity index (χ4v) is 5.04. The van der Waals surface area contributed by atoms with Gasteiger partial charge in [0, 0.05) is 11.2 Å². The number of carboxylic acid groups (broad SMARTS) is 1. The van der Waals surface area contributed by atoms with E-state index in [-0.39, 0.29) is 17.7 Å². The number of hydrogen-bond donors (Lipinski definition) is 2. The molecule has 2 fully saturated rings. The first kappa shape index (κ1) is 14.4. The molecule has 0 spiro atoms. The van der Waals surface area contributed by atoms with Crippen LogP contribution in [-0.4, -0.2) is 43.6 Å². The van der Waals surface area contributed by atoms with Gasteiger partial charge in [0.15, 0.2) is 5.54 Å². The van der Waals surface area contributed by atoms with Gasteiger partial charge in [-0.1, -0.05) is 30.3 Å². The molecule has 0 bridgehead atoms. The van der Waals surface area contributed by atoms with Gasteiger partial charge in [0.25, 0.3) is 0 Å². The molecule has 21 heavy (non-hydrogen) atoms. The molecule has 0 aliphatic carbocycles. The number of hydrogen-bond acceptors (Lipinski definition) is 4. The van der Waals surface area contributed by atoms with Crippen LogP contribution in [0.25, 0.3) is 0 Å². The van der Waals surface area contributed by atoms with Crippen molar-refractivity contribution in [1.29, 1.82) is 0 Å². The van der Waals surface area contributed by atoms with Crippen molar-refractivity contribution >= 4 is 23.6 Å². The molecule has 2 heterocycles. The molecule has 0 unspecified atom stereocenters. The Kier molecular flexibility index (Phi) is 3.07. The summed E-state index contributed by atoms with van der Waals surface area (Å²) in [6, 6.07) is 8.83.